The number of benzene rings is 1. The van der Waals surface area contributed by atoms with Crippen LogP contribution in [0.2, 0.25) is 5.02 Å². The molecule has 0 atom stereocenters. The van der Waals surface area contributed by atoms with Crippen LogP contribution in [0.25, 0.3) is 10.9 Å². The molecule has 18 heavy (non-hydrogen) atoms. The lowest BCUT2D eigenvalue weighted by Crippen LogP contribution is -2.23. The van der Waals surface area contributed by atoms with Crippen molar-refractivity contribution >= 4 is 34.2 Å². The van der Waals surface area contributed by atoms with Gasteiger partial charge < -0.3 is 9.88 Å². The molecular formula is C13H13ClN2O2. The zero-order valence-corrected chi connectivity index (χ0v) is 11.1. The third-order valence-electron chi connectivity index (χ3n) is 2.73. The van der Waals surface area contributed by atoms with Crippen LogP contribution in [0.15, 0.2) is 18.2 Å². The fourth-order valence-corrected chi connectivity index (χ4v) is 2.09. The van der Waals surface area contributed by atoms with Crippen molar-refractivity contribution < 1.29 is 9.59 Å². The SMILES string of the molecule is CC(=O)c1c(C(=O)N(C)C)[nH]c2ccc(Cl)cc12. The average molecular weight is 265 g/mol. The number of fused-ring (bicyclic) bond motifs is 1. The Morgan fingerprint density at radius 2 is 1.94 bits per heavy atom. The highest BCUT2D eigenvalue weighted by atomic mass is 35.5. The predicted molar refractivity (Wildman–Crippen MR) is 71.3 cm³/mol. The van der Waals surface area contributed by atoms with Crippen LogP contribution in [0.3, 0.4) is 0 Å². The second kappa shape index (κ2) is 4.46. The van der Waals surface area contributed by atoms with Gasteiger partial charge in [0.2, 0.25) is 0 Å². The van der Waals surface area contributed by atoms with Crippen LogP contribution in [0, 0.1) is 0 Å². The van der Waals surface area contributed by atoms with Crippen LogP contribution in [0.4, 0.5) is 0 Å². The molecule has 0 saturated heterocycles. The molecule has 0 spiro atoms. The van der Waals surface area contributed by atoms with Gasteiger partial charge >= 0.3 is 0 Å². The maximum atomic E-state index is 12.0. The molecule has 1 aromatic heterocycles. The van der Waals surface area contributed by atoms with Crippen molar-refractivity contribution in [2.45, 2.75) is 6.92 Å². The first kappa shape index (κ1) is 12.6. The van der Waals surface area contributed by atoms with Gasteiger partial charge in [0, 0.05) is 30.0 Å². The zero-order valence-electron chi connectivity index (χ0n) is 10.4. The number of nitrogens with zero attached hydrogens (tertiary/aromatic N) is 1. The molecule has 4 nitrogen and oxygen atoms in total. The number of ketones is 1. The topological polar surface area (TPSA) is 53.2 Å². The second-order valence-electron chi connectivity index (χ2n) is 4.32. The molecule has 0 bridgehead atoms. The van der Waals surface area contributed by atoms with Gasteiger partial charge in [-0.2, -0.15) is 0 Å². The fraction of sp³-hybridized carbons (Fsp3) is 0.231. The van der Waals surface area contributed by atoms with Gasteiger partial charge in [0.1, 0.15) is 5.69 Å². The lowest BCUT2D eigenvalue weighted by molar-refractivity contribution is 0.0817. The van der Waals surface area contributed by atoms with Gasteiger partial charge in [0.15, 0.2) is 5.78 Å². The number of aromatic nitrogens is 1. The number of aromatic amines is 1. The number of hydrogen-bond acceptors (Lipinski definition) is 2. The summed E-state index contributed by atoms with van der Waals surface area (Å²) in [6.07, 6.45) is 0. The molecular weight excluding hydrogens is 252 g/mol. The van der Waals surface area contributed by atoms with E-state index >= 15 is 0 Å². The van der Waals surface area contributed by atoms with Crippen molar-refractivity contribution in [1.29, 1.82) is 0 Å². The smallest absolute Gasteiger partial charge is 0.270 e. The van der Waals surface area contributed by atoms with E-state index in [0.29, 0.717) is 21.7 Å². The van der Waals surface area contributed by atoms with Gasteiger partial charge in [0.25, 0.3) is 5.91 Å². The molecule has 94 valence electrons. The lowest BCUT2D eigenvalue weighted by atomic mass is 10.1. The first-order valence-electron chi connectivity index (χ1n) is 5.45. The van der Waals surface area contributed by atoms with Crippen molar-refractivity contribution in [2.75, 3.05) is 14.1 Å². The van der Waals surface area contributed by atoms with E-state index in [1.165, 1.54) is 11.8 Å². The van der Waals surface area contributed by atoms with Crippen LogP contribution in [-0.2, 0) is 0 Å². The molecule has 2 aromatic rings. The quantitative estimate of drug-likeness (QED) is 0.848. The van der Waals surface area contributed by atoms with E-state index in [4.69, 9.17) is 11.6 Å². The summed E-state index contributed by atoms with van der Waals surface area (Å²) >= 11 is 5.93. The second-order valence-corrected chi connectivity index (χ2v) is 4.76. The standard InChI is InChI=1S/C13H13ClN2O2/c1-7(17)11-9-6-8(14)4-5-10(9)15-12(11)13(18)16(2)3/h4-6,15H,1-3H3. The molecule has 5 heteroatoms. The first-order valence-corrected chi connectivity index (χ1v) is 5.83. The van der Waals surface area contributed by atoms with Crippen LogP contribution in [0.5, 0.6) is 0 Å². The van der Waals surface area contributed by atoms with Crippen molar-refractivity contribution in [3.8, 4) is 0 Å². The molecule has 0 fully saturated rings. The molecule has 1 N–H and O–H groups in total. The molecule has 0 radical (unpaired) electrons. The van der Waals surface area contributed by atoms with Gasteiger partial charge in [0.05, 0.1) is 5.56 Å². The Morgan fingerprint density at radius 1 is 1.28 bits per heavy atom. The number of hydrogen-bond donors (Lipinski definition) is 1. The number of nitrogens with one attached hydrogen (secondary N) is 1. The summed E-state index contributed by atoms with van der Waals surface area (Å²) in [5.41, 5.74) is 1.44. The van der Waals surface area contributed by atoms with E-state index in [9.17, 15) is 9.59 Å². The van der Waals surface area contributed by atoms with Crippen molar-refractivity contribution in [2.24, 2.45) is 0 Å². The molecule has 0 aliphatic carbocycles. The minimum atomic E-state index is -0.229. The van der Waals surface area contributed by atoms with E-state index in [1.807, 2.05) is 0 Å². The summed E-state index contributed by atoms with van der Waals surface area (Å²) < 4.78 is 0. The van der Waals surface area contributed by atoms with Gasteiger partial charge in [-0.1, -0.05) is 11.6 Å². The Balaban J connectivity index is 2.78. The minimum absolute atomic E-state index is 0.159. The van der Waals surface area contributed by atoms with Crippen LogP contribution < -0.4 is 0 Å². The third kappa shape index (κ3) is 1.99. The summed E-state index contributed by atoms with van der Waals surface area (Å²) in [6.45, 7) is 1.44. The maximum absolute atomic E-state index is 12.0. The van der Waals surface area contributed by atoms with Crippen LogP contribution in [0.1, 0.15) is 27.8 Å². The summed E-state index contributed by atoms with van der Waals surface area (Å²) in [6, 6.07) is 5.17. The third-order valence-corrected chi connectivity index (χ3v) is 2.97. The molecule has 2 rings (SSSR count). The number of carbonyl (C=O) groups excluding carboxylic acids is 2. The fourth-order valence-electron chi connectivity index (χ4n) is 1.91. The van der Waals surface area contributed by atoms with Crippen LogP contribution in [-0.4, -0.2) is 35.7 Å². The monoisotopic (exact) mass is 264 g/mol. The Labute approximate surface area is 110 Å². The van der Waals surface area contributed by atoms with Crippen LogP contribution >= 0.6 is 11.6 Å². The van der Waals surface area contributed by atoms with Gasteiger partial charge in [-0.05, 0) is 25.1 Å². The van der Waals surface area contributed by atoms with E-state index in [2.05, 4.69) is 4.98 Å². The normalized spacial score (nSPS) is 10.7. The summed E-state index contributed by atoms with van der Waals surface area (Å²) in [5, 5.41) is 1.22. The number of amides is 1. The predicted octanol–water partition coefficient (Wildman–Crippen LogP) is 2.73. The largest absolute Gasteiger partial charge is 0.350 e. The molecule has 0 aliphatic rings. The number of Topliss-reactive ketones (excluding diaryl/α,β-unsaturated/α-hetero) is 1. The molecule has 1 heterocycles. The van der Waals surface area contributed by atoms with E-state index in [-0.39, 0.29) is 11.7 Å². The Hall–Kier alpha value is -1.81. The highest BCUT2D eigenvalue weighted by Crippen LogP contribution is 2.26. The minimum Gasteiger partial charge on any atom is -0.350 e. The number of H-pyrrole nitrogens is 1. The van der Waals surface area contributed by atoms with Crippen molar-refractivity contribution in [3.05, 3.63) is 34.5 Å². The van der Waals surface area contributed by atoms with Gasteiger partial charge in [-0.15, -0.1) is 0 Å². The van der Waals surface area contributed by atoms with E-state index in [0.717, 1.165) is 5.52 Å². The number of carbonyl (C=O) groups is 2. The molecule has 1 amide bonds. The maximum Gasteiger partial charge on any atom is 0.270 e. The lowest BCUT2D eigenvalue weighted by Gasteiger charge is -2.09. The number of rotatable bonds is 2. The number of halogens is 1. The van der Waals surface area contributed by atoms with E-state index in [1.54, 1.807) is 32.3 Å². The average Bonchev–Trinajstić information content (AvgIpc) is 2.65. The molecule has 1 aromatic carbocycles. The summed E-state index contributed by atoms with van der Waals surface area (Å²) in [7, 11) is 3.29. The van der Waals surface area contributed by atoms with Crippen molar-refractivity contribution in [3.63, 3.8) is 0 Å². The first-order chi connectivity index (χ1) is 8.41. The molecule has 0 unspecified atom stereocenters. The van der Waals surface area contributed by atoms with E-state index < -0.39 is 0 Å². The Morgan fingerprint density at radius 3 is 2.50 bits per heavy atom. The Kier molecular flexibility index (Phi) is 3.13. The van der Waals surface area contributed by atoms with Gasteiger partial charge in [-0.25, -0.2) is 0 Å². The summed E-state index contributed by atoms with van der Waals surface area (Å²) in [4.78, 5) is 28.2. The highest BCUT2D eigenvalue weighted by molar-refractivity contribution is 6.31. The zero-order chi connectivity index (χ0) is 13.4. The molecule has 0 aliphatic heterocycles. The van der Waals surface area contributed by atoms with Crippen molar-refractivity contribution in [1.82, 2.24) is 9.88 Å². The Bertz CT molecular complexity index is 644. The summed E-state index contributed by atoms with van der Waals surface area (Å²) in [5.74, 6) is -0.388. The van der Waals surface area contributed by atoms with Gasteiger partial charge in [-0.3, -0.25) is 9.59 Å². The molecule has 0 saturated carbocycles. The highest BCUT2D eigenvalue weighted by Gasteiger charge is 2.21.